The molecule has 21 heavy (non-hydrogen) atoms. The summed E-state index contributed by atoms with van der Waals surface area (Å²) in [6.45, 7) is 0. The zero-order valence-electron chi connectivity index (χ0n) is 11.2. The Morgan fingerprint density at radius 2 is 2.00 bits per heavy atom. The molecule has 0 fully saturated rings. The Balaban J connectivity index is 1.94. The van der Waals surface area contributed by atoms with Crippen LogP contribution in [0.5, 0.6) is 0 Å². The van der Waals surface area contributed by atoms with Crippen molar-refractivity contribution in [2.24, 2.45) is 0 Å². The molecule has 0 spiro atoms. The lowest BCUT2D eigenvalue weighted by atomic mass is 10.3. The Kier molecular flexibility index (Phi) is 4.35. The second-order valence-electron chi connectivity index (χ2n) is 4.14. The number of nitrogens with zero attached hydrogens (tertiary/aromatic N) is 2. The molecular formula is C14H13N3O4. The first kappa shape index (κ1) is 14.3. The molecule has 1 heterocycles. The van der Waals surface area contributed by atoms with Crippen molar-refractivity contribution in [1.82, 2.24) is 5.43 Å². The summed E-state index contributed by atoms with van der Waals surface area (Å²) in [6.07, 6.45) is 2.60. The van der Waals surface area contributed by atoms with Crippen LogP contribution in [0.2, 0.25) is 0 Å². The van der Waals surface area contributed by atoms with Gasteiger partial charge in [0.1, 0.15) is 10.7 Å². The summed E-state index contributed by atoms with van der Waals surface area (Å²) < 4.78 is 4.91. The number of nitro groups is 1. The van der Waals surface area contributed by atoms with Crippen molar-refractivity contribution in [3.05, 3.63) is 64.4 Å². The molecule has 0 aliphatic rings. The lowest BCUT2D eigenvalue weighted by Gasteiger charge is -2.18. The third-order valence-electron chi connectivity index (χ3n) is 2.61. The Bertz CT molecular complexity index is 664. The van der Waals surface area contributed by atoms with Crippen molar-refractivity contribution in [2.75, 3.05) is 12.1 Å². The Morgan fingerprint density at radius 3 is 2.62 bits per heavy atom. The minimum Gasteiger partial charge on any atom is -0.401 e. The van der Waals surface area contributed by atoms with Crippen LogP contribution >= 0.6 is 0 Å². The molecule has 7 nitrogen and oxygen atoms in total. The first-order valence-electron chi connectivity index (χ1n) is 6.08. The van der Waals surface area contributed by atoms with Gasteiger partial charge in [0.15, 0.2) is 0 Å². The van der Waals surface area contributed by atoms with Crippen molar-refractivity contribution >= 4 is 23.6 Å². The van der Waals surface area contributed by atoms with Gasteiger partial charge in [0.25, 0.3) is 5.91 Å². The van der Waals surface area contributed by atoms with E-state index in [0.29, 0.717) is 0 Å². The summed E-state index contributed by atoms with van der Waals surface area (Å²) in [4.78, 5) is 21.5. The number of hydrogen-bond donors (Lipinski definition) is 1. The van der Waals surface area contributed by atoms with E-state index in [1.54, 1.807) is 12.1 Å². The molecule has 1 amide bonds. The van der Waals surface area contributed by atoms with Gasteiger partial charge in [0.2, 0.25) is 0 Å². The molecular weight excluding hydrogens is 274 g/mol. The van der Waals surface area contributed by atoms with E-state index in [4.69, 9.17) is 4.42 Å². The maximum atomic E-state index is 11.7. The van der Waals surface area contributed by atoms with Gasteiger partial charge in [0.05, 0.1) is 11.8 Å². The van der Waals surface area contributed by atoms with E-state index >= 15 is 0 Å². The summed E-state index contributed by atoms with van der Waals surface area (Å²) in [7, 11) is 1.71. The molecule has 7 heteroatoms. The van der Waals surface area contributed by atoms with Gasteiger partial charge < -0.3 is 4.42 Å². The van der Waals surface area contributed by atoms with Crippen LogP contribution in [0, 0.1) is 10.1 Å². The van der Waals surface area contributed by atoms with Crippen molar-refractivity contribution < 1.29 is 14.1 Å². The first-order chi connectivity index (χ1) is 10.1. The molecule has 0 aliphatic carbocycles. The van der Waals surface area contributed by atoms with Gasteiger partial charge in [-0.05, 0) is 24.3 Å². The largest absolute Gasteiger partial charge is 0.433 e. The molecule has 1 aromatic carbocycles. The fraction of sp³-hybridized carbons (Fsp3) is 0.0714. The molecule has 0 saturated heterocycles. The number of para-hydroxylation sites is 1. The van der Waals surface area contributed by atoms with Gasteiger partial charge >= 0.3 is 5.88 Å². The number of furan rings is 1. The van der Waals surface area contributed by atoms with Gasteiger partial charge in [-0.1, -0.05) is 18.2 Å². The molecule has 0 saturated carbocycles. The molecule has 0 bridgehead atoms. The molecule has 0 aliphatic heterocycles. The fourth-order valence-electron chi connectivity index (χ4n) is 1.61. The second-order valence-corrected chi connectivity index (χ2v) is 4.14. The molecule has 0 radical (unpaired) electrons. The Hall–Kier alpha value is -3.09. The normalized spacial score (nSPS) is 10.5. The Labute approximate surface area is 120 Å². The number of hydrogen-bond acceptors (Lipinski definition) is 5. The lowest BCUT2D eigenvalue weighted by molar-refractivity contribution is -0.402. The topological polar surface area (TPSA) is 88.6 Å². The number of nitrogens with one attached hydrogen (secondary N) is 1. The van der Waals surface area contributed by atoms with E-state index in [1.165, 1.54) is 24.3 Å². The van der Waals surface area contributed by atoms with Gasteiger partial charge in [-0.25, -0.2) is 0 Å². The number of anilines is 1. The van der Waals surface area contributed by atoms with Crippen LogP contribution in [-0.4, -0.2) is 17.9 Å². The SMILES string of the molecule is CN(NC(=O)/C=C/c1ccc([N+](=O)[O-])o1)c1ccccc1. The average molecular weight is 287 g/mol. The molecule has 2 rings (SSSR count). The van der Waals surface area contributed by atoms with Gasteiger partial charge in [-0.2, -0.15) is 0 Å². The number of rotatable bonds is 5. The van der Waals surface area contributed by atoms with Crippen molar-refractivity contribution in [3.8, 4) is 0 Å². The summed E-state index contributed by atoms with van der Waals surface area (Å²) in [5.74, 6) is -0.504. The zero-order valence-corrected chi connectivity index (χ0v) is 11.2. The number of carbonyl (C=O) groups excluding carboxylic acids is 1. The van der Waals surface area contributed by atoms with E-state index in [1.807, 2.05) is 30.3 Å². The monoisotopic (exact) mass is 287 g/mol. The highest BCUT2D eigenvalue weighted by molar-refractivity contribution is 5.92. The van der Waals surface area contributed by atoms with Crippen LogP contribution in [0.15, 0.2) is 53.0 Å². The summed E-state index contributed by atoms with van der Waals surface area (Å²) in [5, 5.41) is 12.0. The van der Waals surface area contributed by atoms with E-state index in [0.717, 1.165) is 5.69 Å². The first-order valence-corrected chi connectivity index (χ1v) is 6.08. The fourth-order valence-corrected chi connectivity index (χ4v) is 1.61. The Morgan fingerprint density at radius 1 is 1.29 bits per heavy atom. The van der Waals surface area contributed by atoms with Crippen molar-refractivity contribution in [3.63, 3.8) is 0 Å². The number of amides is 1. The van der Waals surface area contributed by atoms with E-state index in [-0.39, 0.29) is 17.6 Å². The molecule has 0 atom stereocenters. The van der Waals surface area contributed by atoms with Crippen LogP contribution < -0.4 is 10.4 Å². The van der Waals surface area contributed by atoms with E-state index < -0.39 is 4.92 Å². The van der Waals surface area contributed by atoms with Crippen molar-refractivity contribution in [1.29, 1.82) is 0 Å². The smallest absolute Gasteiger partial charge is 0.401 e. The van der Waals surface area contributed by atoms with Crippen LogP contribution in [0.25, 0.3) is 6.08 Å². The second kappa shape index (κ2) is 6.38. The third-order valence-corrected chi connectivity index (χ3v) is 2.61. The van der Waals surface area contributed by atoms with Crippen LogP contribution in [0.1, 0.15) is 5.76 Å². The van der Waals surface area contributed by atoms with E-state index in [2.05, 4.69) is 5.43 Å². The molecule has 1 N–H and O–H groups in total. The number of hydrazine groups is 1. The predicted molar refractivity (Wildman–Crippen MR) is 77.4 cm³/mol. The summed E-state index contributed by atoms with van der Waals surface area (Å²) in [5.41, 5.74) is 3.45. The molecule has 108 valence electrons. The zero-order chi connectivity index (χ0) is 15.2. The lowest BCUT2D eigenvalue weighted by Crippen LogP contribution is -2.38. The molecule has 2 aromatic rings. The molecule has 1 aromatic heterocycles. The van der Waals surface area contributed by atoms with Crippen LogP contribution in [0.3, 0.4) is 0 Å². The average Bonchev–Trinajstić information content (AvgIpc) is 2.95. The standard InChI is InChI=1S/C14H13N3O4/c1-16(11-5-3-2-4-6-11)15-13(18)9-7-12-8-10-14(21-12)17(19)20/h2-10H,1H3,(H,15,18)/b9-7+. The molecule has 0 unspecified atom stereocenters. The number of benzene rings is 1. The minimum atomic E-state index is -0.638. The number of carbonyl (C=O) groups is 1. The van der Waals surface area contributed by atoms with Gasteiger partial charge in [-0.3, -0.25) is 25.3 Å². The highest BCUT2D eigenvalue weighted by Crippen LogP contribution is 2.16. The van der Waals surface area contributed by atoms with Crippen LogP contribution in [-0.2, 0) is 4.79 Å². The van der Waals surface area contributed by atoms with Gasteiger partial charge in [0, 0.05) is 13.1 Å². The van der Waals surface area contributed by atoms with Crippen LogP contribution in [0.4, 0.5) is 11.6 Å². The van der Waals surface area contributed by atoms with E-state index in [9.17, 15) is 14.9 Å². The summed E-state index contributed by atoms with van der Waals surface area (Å²) in [6, 6.07) is 11.9. The minimum absolute atomic E-state index is 0.235. The predicted octanol–water partition coefficient (Wildman–Crippen LogP) is 2.37. The maximum Gasteiger partial charge on any atom is 0.433 e. The third kappa shape index (κ3) is 3.93. The van der Waals surface area contributed by atoms with Crippen molar-refractivity contribution in [2.45, 2.75) is 0 Å². The van der Waals surface area contributed by atoms with Gasteiger partial charge in [-0.15, -0.1) is 0 Å². The highest BCUT2D eigenvalue weighted by atomic mass is 16.6. The summed E-state index contributed by atoms with van der Waals surface area (Å²) >= 11 is 0. The highest BCUT2D eigenvalue weighted by Gasteiger charge is 2.10. The quantitative estimate of drug-likeness (QED) is 0.518. The maximum absolute atomic E-state index is 11.7.